The number of rotatable bonds is 5. The zero-order valence-electron chi connectivity index (χ0n) is 12.9. The van der Waals surface area contributed by atoms with E-state index in [-0.39, 0.29) is 11.4 Å². The van der Waals surface area contributed by atoms with Crippen LogP contribution in [0.1, 0.15) is 18.4 Å². The van der Waals surface area contributed by atoms with E-state index in [1.54, 1.807) is 19.2 Å². The Bertz CT molecular complexity index is 696. The van der Waals surface area contributed by atoms with Crippen molar-refractivity contribution in [1.82, 2.24) is 5.32 Å². The van der Waals surface area contributed by atoms with E-state index < -0.39 is 0 Å². The summed E-state index contributed by atoms with van der Waals surface area (Å²) in [5.41, 5.74) is 1.89. The molecule has 0 radical (unpaired) electrons. The van der Waals surface area contributed by atoms with Crippen molar-refractivity contribution in [3.05, 3.63) is 59.1 Å². The quantitative estimate of drug-likeness (QED) is 0.863. The van der Waals surface area contributed by atoms with E-state index in [1.165, 1.54) is 5.56 Å². The predicted molar refractivity (Wildman–Crippen MR) is 92.4 cm³/mol. The first kappa shape index (κ1) is 15.7. The zero-order chi connectivity index (χ0) is 16.3. The molecule has 1 aliphatic carbocycles. The van der Waals surface area contributed by atoms with Gasteiger partial charge in [-0.25, -0.2) is 4.79 Å². The normalized spacial score (nSPS) is 14.9. The molecule has 2 amide bonds. The Labute approximate surface area is 140 Å². The Kier molecular flexibility index (Phi) is 4.44. The Balaban J connectivity index is 1.59. The summed E-state index contributed by atoms with van der Waals surface area (Å²) >= 11 is 6.04. The van der Waals surface area contributed by atoms with E-state index in [9.17, 15) is 4.79 Å². The molecule has 0 spiro atoms. The summed E-state index contributed by atoms with van der Waals surface area (Å²) in [6.07, 6.45) is 2.15. The van der Waals surface area contributed by atoms with Gasteiger partial charge in [0.1, 0.15) is 5.75 Å². The van der Waals surface area contributed by atoms with Crippen LogP contribution >= 0.6 is 11.6 Å². The minimum atomic E-state index is -0.238. The minimum absolute atomic E-state index is 0.0457. The minimum Gasteiger partial charge on any atom is -0.497 e. The number of urea groups is 1. The summed E-state index contributed by atoms with van der Waals surface area (Å²) in [7, 11) is 1.66. The number of para-hydroxylation sites is 1. The number of nitrogens with one attached hydrogen (secondary N) is 2. The lowest BCUT2D eigenvalue weighted by molar-refractivity contribution is 0.251. The van der Waals surface area contributed by atoms with Gasteiger partial charge >= 0.3 is 6.03 Å². The topological polar surface area (TPSA) is 50.4 Å². The molecule has 2 aromatic rings. The van der Waals surface area contributed by atoms with E-state index >= 15 is 0 Å². The van der Waals surface area contributed by atoms with Crippen molar-refractivity contribution in [2.75, 3.05) is 19.0 Å². The van der Waals surface area contributed by atoms with Crippen molar-refractivity contribution in [2.24, 2.45) is 0 Å². The van der Waals surface area contributed by atoms with Gasteiger partial charge in [-0.3, -0.25) is 0 Å². The second-order valence-corrected chi connectivity index (χ2v) is 6.20. The van der Waals surface area contributed by atoms with Gasteiger partial charge in [-0.15, -0.1) is 0 Å². The highest BCUT2D eigenvalue weighted by molar-refractivity contribution is 6.33. The van der Waals surface area contributed by atoms with Gasteiger partial charge in [-0.1, -0.05) is 35.9 Å². The number of hydrogen-bond donors (Lipinski definition) is 2. The van der Waals surface area contributed by atoms with E-state index in [0.29, 0.717) is 17.3 Å². The number of carbonyl (C=O) groups is 1. The fraction of sp³-hybridized carbons (Fsp3) is 0.278. The number of halogens is 1. The third kappa shape index (κ3) is 3.59. The predicted octanol–water partition coefficient (Wildman–Crippen LogP) is 4.20. The van der Waals surface area contributed by atoms with Crippen molar-refractivity contribution in [1.29, 1.82) is 0 Å². The molecule has 1 aliphatic rings. The Morgan fingerprint density at radius 3 is 2.48 bits per heavy atom. The van der Waals surface area contributed by atoms with Gasteiger partial charge in [-0.2, -0.15) is 0 Å². The molecule has 0 atom stereocenters. The lowest BCUT2D eigenvalue weighted by Gasteiger charge is -2.17. The lowest BCUT2D eigenvalue weighted by Crippen LogP contribution is -2.35. The van der Waals surface area contributed by atoms with Crippen LogP contribution in [0.5, 0.6) is 5.75 Å². The fourth-order valence-electron chi connectivity index (χ4n) is 2.64. The average molecular weight is 331 g/mol. The third-order valence-corrected chi connectivity index (χ3v) is 4.59. The molecule has 0 heterocycles. The standard InChI is InChI=1S/C18H19ClN2O2/c1-23-14-8-6-13(7-9-14)18(10-11-18)12-20-17(22)21-16-5-3-2-4-15(16)19/h2-9H,10-12H2,1H3,(H2,20,21,22). The first-order chi connectivity index (χ1) is 11.1. The fourth-order valence-corrected chi connectivity index (χ4v) is 2.82. The molecule has 0 bridgehead atoms. The summed E-state index contributed by atoms with van der Waals surface area (Å²) in [6.45, 7) is 0.607. The maximum atomic E-state index is 12.1. The van der Waals surface area contributed by atoms with Crippen molar-refractivity contribution in [3.63, 3.8) is 0 Å². The van der Waals surface area contributed by atoms with Crippen LogP contribution in [0.25, 0.3) is 0 Å². The number of benzene rings is 2. The molecule has 4 nitrogen and oxygen atoms in total. The molecule has 1 saturated carbocycles. The van der Waals surface area contributed by atoms with Crippen LogP contribution in [0, 0.1) is 0 Å². The highest BCUT2D eigenvalue weighted by atomic mass is 35.5. The van der Waals surface area contributed by atoms with Crippen molar-refractivity contribution in [3.8, 4) is 5.75 Å². The average Bonchev–Trinajstić information content (AvgIpc) is 3.36. The molecule has 2 aromatic carbocycles. The maximum Gasteiger partial charge on any atom is 0.319 e. The Morgan fingerprint density at radius 1 is 1.17 bits per heavy atom. The first-order valence-corrected chi connectivity index (χ1v) is 7.95. The first-order valence-electron chi connectivity index (χ1n) is 7.57. The van der Waals surface area contributed by atoms with Crippen molar-refractivity contribution in [2.45, 2.75) is 18.3 Å². The largest absolute Gasteiger partial charge is 0.497 e. The number of ether oxygens (including phenoxy) is 1. The molecule has 23 heavy (non-hydrogen) atoms. The molecular formula is C18H19ClN2O2. The number of amides is 2. The number of methoxy groups -OCH3 is 1. The Morgan fingerprint density at radius 2 is 1.87 bits per heavy atom. The summed E-state index contributed by atoms with van der Waals surface area (Å²) < 4.78 is 5.19. The van der Waals surface area contributed by atoms with Crippen LogP contribution in [0.15, 0.2) is 48.5 Å². The summed E-state index contributed by atoms with van der Waals surface area (Å²) in [6, 6.07) is 15.0. The molecular weight excluding hydrogens is 312 g/mol. The summed E-state index contributed by atoms with van der Waals surface area (Å²) in [5.74, 6) is 0.842. The summed E-state index contributed by atoms with van der Waals surface area (Å²) in [4.78, 5) is 12.1. The molecule has 120 valence electrons. The molecule has 2 N–H and O–H groups in total. The molecule has 1 fully saturated rings. The second kappa shape index (κ2) is 6.50. The smallest absolute Gasteiger partial charge is 0.319 e. The zero-order valence-corrected chi connectivity index (χ0v) is 13.7. The highest BCUT2D eigenvalue weighted by Crippen LogP contribution is 2.47. The number of hydrogen-bond acceptors (Lipinski definition) is 2. The highest BCUT2D eigenvalue weighted by Gasteiger charge is 2.44. The van der Waals surface area contributed by atoms with Crippen LogP contribution in [-0.2, 0) is 5.41 Å². The summed E-state index contributed by atoms with van der Waals surface area (Å²) in [5, 5.41) is 6.25. The van der Waals surface area contributed by atoms with Gasteiger partial charge in [0, 0.05) is 12.0 Å². The van der Waals surface area contributed by atoms with E-state index in [1.807, 2.05) is 24.3 Å². The monoisotopic (exact) mass is 330 g/mol. The van der Waals surface area contributed by atoms with Gasteiger partial charge in [0.25, 0.3) is 0 Å². The van der Waals surface area contributed by atoms with E-state index in [2.05, 4.69) is 22.8 Å². The molecule has 5 heteroatoms. The third-order valence-electron chi connectivity index (χ3n) is 4.27. The van der Waals surface area contributed by atoms with Crippen LogP contribution < -0.4 is 15.4 Å². The van der Waals surface area contributed by atoms with Crippen LogP contribution in [-0.4, -0.2) is 19.7 Å². The SMILES string of the molecule is COc1ccc(C2(CNC(=O)Nc3ccccc3Cl)CC2)cc1. The van der Waals surface area contributed by atoms with Gasteiger partial charge in [0.05, 0.1) is 17.8 Å². The van der Waals surface area contributed by atoms with Gasteiger partial charge < -0.3 is 15.4 Å². The molecule has 0 aromatic heterocycles. The molecule has 0 unspecified atom stereocenters. The van der Waals surface area contributed by atoms with Crippen LogP contribution in [0.2, 0.25) is 5.02 Å². The van der Waals surface area contributed by atoms with Crippen LogP contribution in [0.4, 0.5) is 10.5 Å². The number of anilines is 1. The molecule has 3 rings (SSSR count). The van der Waals surface area contributed by atoms with Crippen molar-refractivity contribution >= 4 is 23.3 Å². The van der Waals surface area contributed by atoms with E-state index in [0.717, 1.165) is 18.6 Å². The van der Waals surface area contributed by atoms with Gasteiger partial charge in [0.15, 0.2) is 0 Å². The molecule has 0 saturated heterocycles. The van der Waals surface area contributed by atoms with Crippen molar-refractivity contribution < 1.29 is 9.53 Å². The van der Waals surface area contributed by atoms with Crippen LogP contribution in [0.3, 0.4) is 0 Å². The van der Waals surface area contributed by atoms with Gasteiger partial charge in [-0.05, 0) is 42.7 Å². The molecule has 0 aliphatic heterocycles. The maximum absolute atomic E-state index is 12.1. The lowest BCUT2D eigenvalue weighted by atomic mass is 9.96. The Hall–Kier alpha value is -2.20. The second-order valence-electron chi connectivity index (χ2n) is 5.80. The van der Waals surface area contributed by atoms with E-state index in [4.69, 9.17) is 16.3 Å². The number of carbonyl (C=O) groups excluding carboxylic acids is 1. The van der Waals surface area contributed by atoms with Gasteiger partial charge in [0.2, 0.25) is 0 Å².